The number of hydrogen-bond acceptors (Lipinski definition) is 4. The Balaban J connectivity index is 2.88. The summed E-state index contributed by atoms with van der Waals surface area (Å²) in [6.45, 7) is 4.80. The van der Waals surface area contributed by atoms with Crippen LogP contribution >= 0.6 is 0 Å². The third-order valence-electron chi connectivity index (χ3n) is 2.65. The highest BCUT2D eigenvalue weighted by molar-refractivity contribution is 5.56. The van der Waals surface area contributed by atoms with Gasteiger partial charge in [0.15, 0.2) is 0 Å². The summed E-state index contributed by atoms with van der Waals surface area (Å²) in [5, 5.41) is 0. The molecule has 4 nitrogen and oxygen atoms in total. The summed E-state index contributed by atoms with van der Waals surface area (Å²) in [5.41, 5.74) is 6.32. The van der Waals surface area contributed by atoms with Gasteiger partial charge in [0, 0.05) is 25.7 Å². The van der Waals surface area contributed by atoms with Crippen molar-refractivity contribution in [2.45, 2.75) is 44.9 Å². The monoisotopic (exact) mass is 213 g/mol. The summed E-state index contributed by atoms with van der Waals surface area (Å²) in [4.78, 5) is 10.9. The topological polar surface area (TPSA) is 61.6 Å². The zero-order valence-electron chi connectivity index (χ0n) is 9.41. The van der Waals surface area contributed by atoms with Gasteiger partial charge in [0.1, 0.15) is 5.94 Å². The average Bonchev–Trinajstić information content (AvgIpc) is 2.22. The predicted octanol–water partition coefficient (Wildman–Crippen LogP) is 1.02. The highest BCUT2D eigenvalue weighted by Gasteiger charge is 2.41. The van der Waals surface area contributed by atoms with Crippen molar-refractivity contribution in [3.63, 3.8) is 0 Å². The van der Waals surface area contributed by atoms with Gasteiger partial charge < -0.3 is 15.2 Å². The molecule has 0 spiro atoms. The van der Waals surface area contributed by atoms with Gasteiger partial charge in [0.05, 0.1) is 5.57 Å². The van der Waals surface area contributed by atoms with Crippen molar-refractivity contribution in [2.24, 2.45) is 5.73 Å². The van der Waals surface area contributed by atoms with Crippen molar-refractivity contribution < 1.29 is 14.3 Å². The average molecular weight is 213 g/mol. The molecule has 15 heavy (non-hydrogen) atoms. The fraction of sp³-hybridized carbons (Fsp3) is 0.818. The standard InChI is InChI=1S/C11H19NO3/c1-3-14-11(15-4-2)6-5-10(12)7-9(11)8-13/h10H,3-7,12H2,1-2H3. The van der Waals surface area contributed by atoms with Crippen molar-refractivity contribution in [3.8, 4) is 0 Å². The molecule has 0 bridgehead atoms. The van der Waals surface area contributed by atoms with E-state index in [4.69, 9.17) is 15.2 Å². The van der Waals surface area contributed by atoms with Crippen LogP contribution in [0.4, 0.5) is 0 Å². The minimum atomic E-state index is -0.860. The normalized spacial score (nSPS) is 25.0. The van der Waals surface area contributed by atoms with Gasteiger partial charge in [0.25, 0.3) is 0 Å². The molecule has 1 rings (SSSR count). The highest BCUT2D eigenvalue weighted by atomic mass is 16.7. The Bertz CT molecular complexity index is 253. The fourth-order valence-corrected chi connectivity index (χ4v) is 1.99. The van der Waals surface area contributed by atoms with Crippen LogP contribution in [0.1, 0.15) is 33.1 Å². The number of carbonyl (C=O) groups excluding carboxylic acids is 1. The lowest BCUT2D eigenvalue weighted by atomic mass is 9.86. The van der Waals surface area contributed by atoms with Gasteiger partial charge in [-0.15, -0.1) is 0 Å². The third-order valence-corrected chi connectivity index (χ3v) is 2.65. The molecule has 1 atom stereocenters. The Morgan fingerprint density at radius 1 is 1.47 bits per heavy atom. The molecule has 1 fully saturated rings. The van der Waals surface area contributed by atoms with Gasteiger partial charge in [-0.1, -0.05) is 0 Å². The molecule has 1 aliphatic carbocycles. The Morgan fingerprint density at radius 3 is 2.53 bits per heavy atom. The zero-order valence-corrected chi connectivity index (χ0v) is 9.41. The van der Waals surface area contributed by atoms with Crippen LogP contribution in [0.2, 0.25) is 0 Å². The quantitative estimate of drug-likeness (QED) is 0.559. The molecule has 4 heteroatoms. The van der Waals surface area contributed by atoms with E-state index in [1.807, 2.05) is 19.8 Å². The molecule has 2 N–H and O–H groups in total. The fourth-order valence-electron chi connectivity index (χ4n) is 1.99. The van der Waals surface area contributed by atoms with Crippen LogP contribution in [0.15, 0.2) is 5.57 Å². The second-order valence-electron chi connectivity index (χ2n) is 3.70. The second-order valence-corrected chi connectivity index (χ2v) is 3.70. The van der Waals surface area contributed by atoms with Crippen molar-refractivity contribution >= 4 is 5.94 Å². The molecule has 0 heterocycles. The maximum absolute atomic E-state index is 10.9. The lowest BCUT2D eigenvalue weighted by molar-refractivity contribution is -0.217. The molecule has 0 aromatic carbocycles. The van der Waals surface area contributed by atoms with Crippen LogP contribution in [-0.2, 0) is 14.3 Å². The summed E-state index contributed by atoms with van der Waals surface area (Å²) >= 11 is 0. The van der Waals surface area contributed by atoms with E-state index in [9.17, 15) is 4.79 Å². The maximum Gasteiger partial charge on any atom is 0.201 e. The van der Waals surface area contributed by atoms with Crippen molar-refractivity contribution in [1.29, 1.82) is 0 Å². The minimum absolute atomic E-state index is 0.0236. The van der Waals surface area contributed by atoms with Gasteiger partial charge in [-0.2, -0.15) is 0 Å². The van der Waals surface area contributed by atoms with Crippen LogP contribution in [0.25, 0.3) is 0 Å². The van der Waals surface area contributed by atoms with Crippen LogP contribution in [-0.4, -0.2) is 31.0 Å². The molecule has 0 aromatic heterocycles. The summed E-state index contributed by atoms with van der Waals surface area (Å²) in [5.74, 6) is 1.07. The number of nitrogens with two attached hydrogens (primary N) is 1. The number of rotatable bonds is 4. The van der Waals surface area contributed by atoms with E-state index in [1.165, 1.54) is 0 Å². The van der Waals surface area contributed by atoms with Gasteiger partial charge >= 0.3 is 0 Å². The molecule has 0 radical (unpaired) electrons. The molecular formula is C11H19NO3. The first kappa shape index (κ1) is 12.4. The first-order valence-corrected chi connectivity index (χ1v) is 5.46. The lowest BCUT2D eigenvalue weighted by Gasteiger charge is -2.38. The maximum atomic E-state index is 10.9. The minimum Gasteiger partial charge on any atom is -0.346 e. The molecule has 1 saturated carbocycles. The molecule has 1 unspecified atom stereocenters. The lowest BCUT2D eigenvalue weighted by Crippen LogP contribution is -2.45. The van der Waals surface area contributed by atoms with E-state index < -0.39 is 5.79 Å². The Hall–Kier alpha value is -0.670. The van der Waals surface area contributed by atoms with E-state index in [0.29, 0.717) is 31.6 Å². The Kier molecular flexibility index (Phi) is 4.48. The van der Waals surface area contributed by atoms with Crippen molar-refractivity contribution in [2.75, 3.05) is 13.2 Å². The van der Waals surface area contributed by atoms with Gasteiger partial charge in [-0.05, 0) is 26.7 Å². The second kappa shape index (κ2) is 5.42. The summed E-state index contributed by atoms with van der Waals surface area (Å²) < 4.78 is 11.2. The van der Waals surface area contributed by atoms with E-state index in [1.54, 1.807) is 0 Å². The zero-order chi connectivity index (χ0) is 11.3. The van der Waals surface area contributed by atoms with E-state index in [2.05, 4.69) is 0 Å². The molecule has 0 aliphatic heterocycles. The smallest absolute Gasteiger partial charge is 0.201 e. The molecule has 0 amide bonds. The highest BCUT2D eigenvalue weighted by Crippen LogP contribution is 2.35. The predicted molar refractivity (Wildman–Crippen MR) is 57.0 cm³/mol. The van der Waals surface area contributed by atoms with Crippen LogP contribution in [0.5, 0.6) is 0 Å². The van der Waals surface area contributed by atoms with E-state index in [-0.39, 0.29) is 6.04 Å². The van der Waals surface area contributed by atoms with Crippen molar-refractivity contribution in [3.05, 3.63) is 5.57 Å². The summed E-state index contributed by atoms with van der Waals surface area (Å²) in [6, 6.07) is 0.0236. The molecular weight excluding hydrogens is 194 g/mol. The number of ether oxygens (including phenoxy) is 2. The van der Waals surface area contributed by atoms with E-state index in [0.717, 1.165) is 6.42 Å². The largest absolute Gasteiger partial charge is 0.346 e. The molecule has 0 saturated heterocycles. The van der Waals surface area contributed by atoms with Crippen molar-refractivity contribution in [1.82, 2.24) is 0 Å². The summed E-state index contributed by atoms with van der Waals surface area (Å²) in [6.07, 6.45) is 1.97. The van der Waals surface area contributed by atoms with Crippen LogP contribution in [0, 0.1) is 0 Å². The molecule has 0 aromatic rings. The first-order chi connectivity index (χ1) is 7.18. The van der Waals surface area contributed by atoms with Gasteiger partial charge in [-0.3, -0.25) is 0 Å². The van der Waals surface area contributed by atoms with E-state index >= 15 is 0 Å². The van der Waals surface area contributed by atoms with Gasteiger partial charge in [0.2, 0.25) is 5.79 Å². The Morgan fingerprint density at radius 2 is 2.07 bits per heavy atom. The number of hydrogen-bond donors (Lipinski definition) is 1. The SMILES string of the molecule is CCOC1(OCC)CCC(N)CC1=C=O. The van der Waals surface area contributed by atoms with Crippen LogP contribution < -0.4 is 5.73 Å². The van der Waals surface area contributed by atoms with Crippen LogP contribution in [0.3, 0.4) is 0 Å². The first-order valence-electron chi connectivity index (χ1n) is 5.46. The summed E-state index contributed by atoms with van der Waals surface area (Å²) in [7, 11) is 0. The Labute approximate surface area is 90.4 Å². The molecule has 1 aliphatic rings. The molecule has 86 valence electrons. The third kappa shape index (κ3) is 2.67. The van der Waals surface area contributed by atoms with Gasteiger partial charge in [-0.25, -0.2) is 4.79 Å².